The fourth-order valence-corrected chi connectivity index (χ4v) is 3.21. The van der Waals surface area contributed by atoms with Gasteiger partial charge in [0.2, 0.25) is 0 Å². The number of piperidine rings is 1. The van der Waals surface area contributed by atoms with Gasteiger partial charge < -0.3 is 9.42 Å². The Morgan fingerprint density at radius 3 is 2.57 bits per heavy atom. The number of aromatic nitrogens is 4. The van der Waals surface area contributed by atoms with E-state index in [1.54, 1.807) is 11.0 Å². The first-order valence-electron chi connectivity index (χ1n) is 9.37. The second kappa shape index (κ2) is 7.75. The predicted molar refractivity (Wildman–Crippen MR) is 102 cm³/mol. The fourth-order valence-electron chi connectivity index (χ4n) is 3.21. The molecule has 1 amide bonds. The summed E-state index contributed by atoms with van der Waals surface area (Å²) in [4.78, 5) is 30.5. The zero-order valence-corrected chi connectivity index (χ0v) is 15.7. The molecule has 0 atom stereocenters. The van der Waals surface area contributed by atoms with Gasteiger partial charge in [-0.3, -0.25) is 9.59 Å². The average Bonchev–Trinajstić information content (AvgIpc) is 3.19. The minimum atomic E-state index is -0.274. The van der Waals surface area contributed by atoms with Gasteiger partial charge in [0.05, 0.1) is 5.69 Å². The molecule has 144 valence electrons. The molecule has 1 aliphatic heterocycles. The minimum absolute atomic E-state index is 0.0370. The third-order valence-corrected chi connectivity index (χ3v) is 4.80. The second-order valence-corrected chi connectivity index (χ2v) is 6.95. The number of hydrogen-bond donors (Lipinski definition) is 0. The van der Waals surface area contributed by atoms with Crippen molar-refractivity contribution < 1.29 is 9.32 Å². The van der Waals surface area contributed by atoms with Gasteiger partial charge in [-0.2, -0.15) is 10.1 Å². The maximum absolute atomic E-state index is 12.4. The molecule has 0 spiro atoms. The first-order chi connectivity index (χ1) is 13.6. The van der Waals surface area contributed by atoms with Crippen LogP contribution in [0, 0.1) is 6.92 Å². The summed E-state index contributed by atoms with van der Waals surface area (Å²) in [5, 5.41) is 8.25. The van der Waals surface area contributed by atoms with Gasteiger partial charge in [-0.1, -0.05) is 35.0 Å². The monoisotopic (exact) mass is 379 g/mol. The number of carbonyl (C=O) groups excluding carboxylic acids is 1. The van der Waals surface area contributed by atoms with Crippen LogP contribution in [0.15, 0.2) is 45.7 Å². The van der Waals surface area contributed by atoms with Crippen molar-refractivity contribution in [3.63, 3.8) is 0 Å². The molecule has 0 saturated carbocycles. The topological polar surface area (TPSA) is 94.1 Å². The zero-order chi connectivity index (χ0) is 19.5. The van der Waals surface area contributed by atoms with Gasteiger partial charge in [0.25, 0.3) is 5.56 Å². The summed E-state index contributed by atoms with van der Waals surface area (Å²) in [6.07, 6.45) is 3.10. The van der Waals surface area contributed by atoms with Crippen LogP contribution in [0.2, 0.25) is 0 Å². The zero-order valence-electron chi connectivity index (χ0n) is 15.7. The van der Waals surface area contributed by atoms with Crippen LogP contribution in [0.25, 0.3) is 11.3 Å². The molecule has 1 saturated heterocycles. The van der Waals surface area contributed by atoms with Gasteiger partial charge in [-0.15, -0.1) is 0 Å². The molecule has 8 heteroatoms. The van der Waals surface area contributed by atoms with E-state index in [2.05, 4.69) is 15.2 Å². The summed E-state index contributed by atoms with van der Waals surface area (Å²) < 4.78 is 6.40. The van der Waals surface area contributed by atoms with Crippen molar-refractivity contribution in [2.75, 3.05) is 13.1 Å². The summed E-state index contributed by atoms with van der Waals surface area (Å²) in [6, 6.07) is 11.0. The molecule has 3 aromatic rings. The van der Waals surface area contributed by atoms with E-state index in [-0.39, 0.29) is 29.7 Å². The summed E-state index contributed by atoms with van der Waals surface area (Å²) in [6.45, 7) is 3.46. The van der Waals surface area contributed by atoms with E-state index in [0.29, 0.717) is 18.8 Å². The Morgan fingerprint density at radius 1 is 1.07 bits per heavy atom. The van der Waals surface area contributed by atoms with Gasteiger partial charge >= 0.3 is 11.8 Å². The summed E-state index contributed by atoms with van der Waals surface area (Å²) >= 11 is 0. The van der Waals surface area contributed by atoms with E-state index < -0.39 is 0 Å². The van der Waals surface area contributed by atoms with E-state index in [1.165, 1.54) is 10.7 Å². The SMILES string of the molecule is Cc1ccc(-c2ccc(=O)n(Cc3noc(C(=O)N4CCCCC4)n3)n2)cc1. The standard InChI is InChI=1S/C20H21N5O3/c1-14-5-7-15(8-6-14)16-9-10-18(26)25(22-16)13-17-21-19(28-23-17)20(27)24-11-3-2-4-12-24/h5-10H,2-4,11-13H2,1H3. The van der Waals surface area contributed by atoms with Crippen molar-refractivity contribution in [3.8, 4) is 11.3 Å². The fraction of sp³-hybridized carbons (Fsp3) is 0.350. The molecule has 0 radical (unpaired) electrons. The maximum atomic E-state index is 12.4. The molecular formula is C20H21N5O3. The van der Waals surface area contributed by atoms with Gasteiger partial charge in [-0.25, -0.2) is 4.68 Å². The first-order valence-corrected chi connectivity index (χ1v) is 9.37. The van der Waals surface area contributed by atoms with Crippen molar-refractivity contribution in [2.45, 2.75) is 32.7 Å². The Bertz CT molecular complexity index is 1030. The van der Waals surface area contributed by atoms with Crippen LogP contribution in [0.5, 0.6) is 0 Å². The maximum Gasteiger partial charge on any atom is 0.316 e. The van der Waals surface area contributed by atoms with E-state index >= 15 is 0 Å². The van der Waals surface area contributed by atoms with Crippen molar-refractivity contribution in [3.05, 3.63) is 64.0 Å². The largest absolute Gasteiger partial charge is 0.334 e. The third-order valence-electron chi connectivity index (χ3n) is 4.80. The van der Waals surface area contributed by atoms with Crippen LogP contribution in [-0.4, -0.2) is 43.8 Å². The normalized spacial score (nSPS) is 14.2. The molecule has 3 heterocycles. The smallest absolute Gasteiger partial charge is 0.316 e. The quantitative estimate of drug-likeness (QED) is 0.690. The van der Waals surface area contributed by atoms with Crippen LogP contribution in [0.1, 0.15) is 41.3 Å². The molecule has 1 aromatic carbocycles. The first kappa shape index (κ1) is 18.1. The summed E-state index contributed by atoms with van der Waals surface area (Å²) in [5.41, 5.74) is 2.46. The highest BCUT2D eigenvalue weighted by atomic mass is 16.5. The van der Waals surface area contributed by atoms with Crippen LogP contribution >= 0.6 is 0 Å². The molecule has 0 aliphatic carbocycles. The van der Waals surface area contributed by atoms with E-state index in [4.69, 9.17) is 4.52 Å². The van der Waals surface area contributed by atoms with Gasteiger partial charge in [0.15, 0.2) is 5.82 Å². The Balaban J connectivity index is 1.53. The highest BCUT2D eigenvalue weighted by molar-refractivity contribution is 5.89. The summed E-state index contributed by atoms with van der Waals surface area (Å²) in [7, 11) is 0. The molecule has 1 aliphatic rings. The lowest BCUT2D eigenvalue weighted by atomic mass is 10.1. The van der Waals surface area contributed by atoms with Crippen molar-refractivity contribution in [1.82, 2.24) is 24.8 Å². The molecule has 1 fully saturated rings. The van der Waals surface area contributed by atoms with Crippen molar-refractivity contribution in [2.24, 2.45) is 0 Å². The Hall–Kier alpha value is -3.29. The van der Waals surface area contributed by atoms with Crippen LogP contribution in [-0.2, 0) is 6.54 Å². The number of amides is 1. The van der Waals surface area contributed by atoms with Crippen molar-refractivity contribution >= 4 is 5.91 Å². The number of hydrogen-bond acceptors (Lipinski definition) is 6. The Morgan fingerprint density at radius 2 is 1.82 bits per heavy atom. The van der Waals surface area contributed by atoms with Gasteiger partial charge in [0.1, 0.15) is 6.54 Å². The van der Waals surface area contributed by atoms with E-state index in [1.807, 2.05) is 31.2 Å². The average molecular weight is 379 g/mol. The Labute approximate surface area is 161 Å². The molecule has 0 bridgehead atoms. The number of aryl methyl sites for hydroxylation is 1. The van der Waals surface area contributed by atoms with E-state index in [0.717, 1.165) is 30.4 Å². The van der Waals surface area contributed by atoms with Gasteiger partial charge in [-0.05, 0) is 32.3 Å². The molecular weight excluding hydrogens is 358 g/mol. The Kier molecular flexibility index (Phi) is 5.01. The lowest BCUT2D eigenvalue weighted by Crippen LogP contribution is -2.35. The number of likely N-dealkylation sites (tertiary alicyclic amines) is 1. The highest BCUT2D eigenvalue weighted by Gasteiger charge is 2.23. The summed E-state index contributed by atoms with van der Waals surface area (Å²) in [5.74, 6) is -0.0529. The number of rotatable bonds is 4. The third kappa shape index (κ3) is 3.85. The van der Waals surface area contributed by atoms with Crippen LogP contribution in [0.4, 0.5) is 0 Å². The predicted octanol–water partition coefficient (Wildman–Crippen LogP) is 2.28. The number of benzene rings is 1. The van der Waals surface area contributed by atoms with Gasteiger partial charge in [0, 0.05) is 24.7 Å². The van der Waals surface area contributed by atoms with Crippen LogP contribution < -0.4 is 5.56 Å². The van der Waals surface area contributed by atoms with E-state index in [9.17, 15) is 9.59 Å². The lowest BCUT2D eigenvalue weighted by Gasteiger charge is -2.24. The molecule has 4 rings (SSSR count). The molecule has 0 unspecified atom stereocenters. The van der Waals surface area contributed by atoms with Crippen molar-refractivity contribution in [1.29, 1.82) is 0 Å². The highest BCUT2D eigenvalue weighted by Crippen LogP contribution is 2.16. The second-order valence-electron chi connectivity index (χ2n) is 6.95. The molecule has 8 nitrogen and oxygen atoms in total. The lowest BCUT2D eigenvalue weighted by molar-refractivity contribution is 0.0674. The number of carbonyl (C=O) groups is 1. The number of nitrogens with zero attached hydrogens (tertiary/aromatic N) is 5. The molecule has 28 heavy (non-hydrogen) atoms. The molecule has 0 N–H and O–H groups in total. The van der Waals surface area contributed by atoms with Crippen LogP contribution in [0.3, 0.4) is 0 Å². The molecule has 2 aromatic heterocycles. The minimum Gasteiger partial charge on any atom is -0.334 e.